The van der Waals surface area contributed by atoms with Crippen molar-refractivity contribution in [2.45, 2.75) is 31.8 Å². The van der Waals surface area contributed by atoms with Gasteiger partial charge in [-0.05, 0) is 36.5 Å². The highest BCUT2D eigenvalue weighted by molar-refractivity contribution is 5.90. The fraction of sp³-hybridized carbons (Fsp3) is 0.438. The third kappa shape index (κ3) is 2.45. The molecule has 2 aromatic rings. The summed E-state index contributed by atoms with van der Waals surface area (Å²) in [6.45, 7) is 1.56. The van der Waals surface area contributed by atoms with Gasteiger partial charge < -0.3 is 10.2 Å². The molecule has 2 amide bonds. The number of benzene rings is 1. The van der Waals surface area contributed by atoms with Gasteiger partial charge in [0.05, 0.1) is 6.54 Å². The fourth-order valence-electron chi connectivity index (χ4n) is 3.57. The van der Waals surface area contributed by atoms with Crippen LogP contribution in [0.3, 0.4) is 0 Å². The molecular formula is C16H19N5O. The molecule has 2 heterocycles. The van der Waals surface area contributed by atoms with E-state index >= 15 is 0 Å². The Bertz CT molecular complexity index is 669. The Balaban J connectivity index is 1.41. The topological polar surface area (TPSA) is 63.1 Å². The summed E-state index contributed by atoms with van der Waals surface area (Å²) in [5.74, 6) is 0.740. The Morgan fingerprint density at radius 1 is 1.36 bits per heavy atom. The number of urea groups is 1. The van der Waals surface area contributed by atoms with Gasteiger partial charge in [-0.3, -0.25) is 0 Å². The molecule has 2 unspecified atom stereocenters. The first kappa shape index (κ1) is 13.3. The minimum Gasteiger partial charge on any atom is -0.321 e. The van der Waals surface area contributed by atoms with Crippen LogP contribution in [0, 0.1) is 5.92 Å². The van der Waals surface area contributed by atoms with Gasteiger partial charge in [-0.2, -0.15) is 5.10 Å². The molecule has 22 heavy (non-hydrogen) atoms. The smallest absolute Gasteiger partial charge is 0.321 e. The van der Waals surface area contributed by atoms with Crippen molar-refractivity contribution in [2.75, 3.05) is 11.9 Å². The number of fused-ring (bicyclic) bond motifs is 1. The highest BCUT2D eigenvalue weighted by Crippen LogP contribution is 2.39. The monoisotopic (exact) mass is 297 g/mol. The molecule has 1 aliphatic heterocycles. The molecule has 1 saturated heterocycles. The highest BCUT2D eigenvalue weighted by Gasteiger charge is 2.44. The number of rotatable bonds is 3. The molecule has 0 bridgehead atoms. The molecule has 1 N–H and O–H groups in total. The lowest BCUT2D eigenvalue weighted by atomic mass is 9.92. The maximum atomic E-state index is 12.4. The van der Waals surface area contributed by atoms with Gasteiger partial charge in [-0.15, -0.1) is 0 Å². The molecule has 0 spiro atoms. The largest absolute Gasteiger partial charge is 0.322 e. The molecule has 2 atom stereocenters. The van der Waals surface area contributed by atoms with E-state index in [0.717, 1.165) is 30.1 Å². The second-order valence-corrected chi connectivity index (χ2v) is 6.13. The van der Waals surface area contributed by atoms with Gasteiger partial charge in [0.2, 0.25) is 0 Å². The second-order valence-electron chi connectivity index (χ2n) is 6.13. The Labute approximate surface area is 129 Å². The summed E-state index contributed by atoms with van der Waals surface area (Å²) in [4.78, 5) is 18.3. The van der Waals surface area contributed by atoms with Crippen molar-refractivity contribution < 1.29 is 4.79 Å². The molecule has 1 aromatic heterocycles. The van der Waals surface area contributed by atoms with Crippen LogP contribution >= 0.6 is 0 Å². The van der Waals surface area contributed by atoms with Crippen LogP contribution in [0.5, 0.6) is 0 Å². The Morgan fingerprint density at radius 2 is 2.32 bits per heavy atom. The van der Waals surface area contributed by atoms with Crippen LogP contribution in [-0.4, -0.2) is 38.3 Å². The van der Waals surface area contributed by atoms with Gasteiger partial charge in [0.25, 0.3) is 0 Å². The molecule has 6 nitrogen and oxygen atoms in total. The van der Waals surface area contributed by atoms with Crippen molar-refractivity contribution in [3.05, 3.63) is 42.5 Å². The third-order valence-corrected chi connectivity index (χ3v) is 4.70. The number of carbonyl (C=O) groups is 1. The van der Waals surface area contributed by atoms with Crippen molar-refractivity contribution in [1.29, 1.82) is 0 Å². The van der Waals surface area contributed by atoms with Crippen molar-refractivity contribution >= 4 is 11.7 Å². The number of hydrogen-bond donors (Lipinski definition) is 1. The van der Waals surface area contributed by atoms with Crippen molar-refractivity contribution in [3.63, 3.8) is 0 Å². The van der Waals surface area contributed by atoms with Crippen LogP contribution in [0.2, 0.25) is 0 Å². The zero-order chi connectivity index (χ0) is 14.9. The third-order valence-electron chi connectivity index (χ3n) is 4.70. The van der Waals surface area contributed by atoms with E-state index in [1.165, 1.54) is 19.2 Å². The Kier molecular flexibility index (Phi) is 3.29. The lowest BCUT2D eigenvalue weighted by molar-refractivity contribution is 0.0797. The van der Waals surface area contributed by atoms with Crippen LogP contribution in [0.1, 0.15) is 24.8 Å². The number of nitrogens with zero attached hydrogens (tertiary/aromatic N) is 4. The van der Waals surface area contributed by atoms with Crippen LogP contribution in [-0.2, 0) is 6.54 Å². The summed E-state index contributed by atoms with van der Waals surface area (Å²) in [6.07, 6.45) is 6.90. The lowest BCUT2D eigenvalue weighted by Crippen LogP contribution is -2.57. The van der Waals surface area contributed by atoms with Gasteiger partial charge in [-0.1, -0.05) is 18.6 Å². The second kappa shape index (κ2) is 5.44. The van der Waals surface area contributed by atoms with Gasteiger partial charge in [0, 0.05) is 18.3 Å². The van der Waals surface area contributed by atoms with E-state index in [9.17, 15) is 4.79 Å². The van der Waals surface area contributed by atoms with E-state index in [2.05, 4.69) is 15.4 Å². The molecule has 114 valence electrons. The van der Waals surface area contributed by atoms with Crippen LogP contribution in [0.15, 0.2) is 36.9 Å². The Hall–Kier alpha value is -2.37. The summed E-state index contributed by atoms with van der Waals surface area (Å²) >= 11 is 0. The van der Waals surface area contributed by atoms with Crippen LogP contribution < -0.4 is 5.32 Å². The zero-order valence-electron chi connectivity index (χ0n) is 12.4. The average Bonchev–Trinajstić information content (AvgIpc) is 3.10. The number of aromatic nitrogens is 3. The average molecular weight is 297 g/mol. The maximum Gasteiger partial charge on any atom is 0.322 e. The summed E-state index contributed by atoms with van der Waals surface area (Å²) in [6, 6.07) is 8.39. The number of amides is 2. The van der Waals surface area contributed by atoms with E-state index in [1.54, 1.807) is 11.0 Å². The summed E-state index contributed by atoms with van der Waals surface area (Å²) in [5.41, 5.74) is 1.93. The molecule has 4 rings (SSSR count). The molecule has 2 fully saturated rings. The predicted molar refractivity (Wildman–Crippen MR) is 82.4 cm³/mol. The fourth-order valence-corrected chi connectivity index (χ4v) is 3.57. The molecule has 1 aromatic carbocycles. The lowest BCUT2D eigenvalue weighted by Gasteiger charge is -2.44. The number of nitrogens with one attached hydrogen (secondary N) is 1. The SMILES string of the molecule is O=C(Nc1cccc(Cn2cncn2)c1)N1CC2CCCC21. The van der Waals surface area contributed by atoms with E-state index in [-0.39, 0.29) is 6.03 Å². The molecule has 6 heteroatoms. The number of hydrogen-bond acceptors (Lipinski definition) is 3. The van der Waals surface area contributed by atoms with E-state index in [1.807, 2.05) is 29.2 Å². The first-order chi connectivity index (χ1) is 10.8. The predicted octanol–water partition coefficient (Wildman–Crippen LogP) is 2.34. The number of carbonyl (C=O) groups excluding carboxylic acids is 1. The van der Waals surface area contributed by atoms with Crippen molar-refractivity contribution in [2.24, 2.45) is 5.92 Å². The number of likely N-dealkylation sites (tertiary alicyclic amines) is 1. The first-order valence-electron chi connectivity index (χ1n) is 7.78. The number of anilines is 1. The highest BCUT2D eigenvalue weighted by atomic mass is 16.2. The quantitative estimate of drug-likeness (QED) is 0.946. The molecular weight excluding hydrogens is 278 g/mol. The molecule has 0 radical (unpaired) electrons. The van der Waals surface area contributed by atoms with Gasteiger partial charge >= 0.3 is 6.03 Å². The van der Waals surface area contributed by atoms with Crippen molar-refractivity contribution in [1.82, 2.24) is 19.7 Å². The maximum absolute atomic E-state index is 12.4. The molecule has 1 saturated carbocycles. The minimum absolute atomic E-state index is 0.0288. The van der Waals surface area contributed by atoms with E-state index in [4.69, 9.17) is 0 Å². The summed E-state index contributed by atoms with van der Waals surface area (Å²) in [7, 11) is 0. The normalized spacial score (nSPS) is 23.0. The first-order valence-corrected chi connectivity index (χ1v) is 7.78. The van der Waals surface area contributed by atoms with Crippen LogP contribution in [0.25, 0.3) is 0 Å². The van der Waals surface area contributed by atoms with E-state index < -0.39 is 0 Å². The van der Waals surface area contributed by atoms with E-state index in [0.29, 0.717) is 12.6 Å². The van der Waals surface area contributed by atoms with Crippen molar-refractivity contribution in [3.8, 4) is 0 Å². The standard InChI is InChI=1S/C16H19N5O/c22-16(21-9-13-4-2-6-15(13)21)19-14-5-1-3-12(7-14)8-20-11-17-10-18-20/h1,3,5,7,10-11,13,15H,2,4,6,8-9H2,(H,19,22). The van der Waals surface area contributed by atoms with Gasteiger partial charge in [-0.25, -0.2) is 14.5 Å². The molecule has 2 aliphatic rings. The minimum atomic E-state index is 0.0288. The van der Waals surface area contributed by atoms with Gasteiger partial charge in [0.15, 0.2) is 0 Å². The van der Waals surface area contributed by atoms with Gasteiger partial charge in [0.1, 0.15) is 12.7 Å². The molecule has 1 aliphatic carbocycles. The Morgan fingerprint density at radius 3 is 3.14 bits per heavy atom. The van der Waals surface area contributed by atoms with Crippen LogP contribution in [0.4, 0.5) is 10.5 Å². The zero-order valence-corrected chi connectivity index (χ0v) is 12.4. The summed E-state index contributed by atoms with van der Waals surface area (Å²) in [5, 5.41) is 7.12. The summed E-state index contributed by atoms with van der Waals surface area (Å²) < 4.78 is 1.76.